The van der Waals surface area contributed by atoms with Crippen molar-refractivity contribution in [2.24, 2.45) is 5.92 Å². The van der Waals surface area contributed by atoms with Crippen molar-refractivity contribution in [2.45, 2.75) is 25.9 Å². The van der Waals surface area contributed by atoms with E-state index in [9.17, 15) is 9.50 Å². The molecule has 0 spiro atoms. The van der Waals surface area contributed by atoms with E-state index in [-0.39, 0.29) is 10.9 Å². The molecule has 76 valence electrons. The van der Waals surface area contributed by atoms with Crippen LogP contribution in [0.15, 0.2) is 12.1 Å². The van der Waals surface area contributed by atoms with E-state index >= 15 is 0 Å². The maximum absolute atomic E-state index is 13.5. The van der Waals surface area contributed by atoms with Crippen LogP contribution in [-0.2, 0) is 0 Å². The van der Waals surface area contributed by atoms with Crippen LogP contribution in [-0.4, -0.2) is 5.11 Å². The molecular weight excluding hydrogens is 203 g/mol. The van der Waals surface area contributed by atoms with Crippen LogP contribution in [0.25, 0.3) is 0 Å². The summed E-state index contributed by atoms with van der Waals surface area (Å²) in [6, 6.07) is 3.24. The number of halogens is 2. The van der Waals surface area contributed by atoms with Gasteiger partial charge in [-0.1, -0.05) is 17.7 Å². The number of aliphatic hydroxyl groups excluding tert-OH is 1. The van der Waals surface area contributed by atoms with Crippen molar-refractivity contribution in [3.05, 3.63) is 34.1 Å². The molecule has 0 heterocycles. The third-order valence-corrected chi connectivity index (χ3v) is 2.86. The quantitative estimate of drug-likeness (QED) is 0.802. The van der Waals surface area contributed by atoms with Crippen LogP contribution in [0.2, 0.25) is 5.02 Å². The van der Waals surface area contributed by atoms with Gasteiger partial charge in [-0.05, 0) is 37.3 Å². The van der Waals surface area contributed by atoms with Crippen LogP contribution in [0.5, 0.6) is 0 Å². The number of aliphatic hydroxyl groups is 1. The molecular formula is C11H12ClFO. The zero-order valence-electron chi connectivity index (χ0n) is 7.93. The van der Waals surface area contributed by atoms with E-state index in [1.807, 2.05) is 6.92 Å². The van der Waals surface area contributed by atoms with Gasteiger partial charge in [-0.2, -0.15) is 0 Å². The van der Waals surface area contributed by atoms with Gasteiger partial charge in [0.2, 0.25) is 0 Å². The van der Waals surface area contributed by atoms with Crippen LogP contribution >= 0.6 is 11.6 Å². The largest absolute Gasteiger partial charge is 0.388 e. The molecule has 14 heavy (non-hydrogen) atoms. The van der Waals surface area contributed by atoms with Crippen LogP contribution in [0, 0.1) is 18.7 Å². The first-order chi connectivity index (χ1) is 6.59. The fourth-order valence-electron chi connectivity index (χ4n) is 1.63. The highest BCUT2D eigenvalue weighted by molar-refractivity contribution is 6.30. The monoisotopic (exact) mass is 214 g/mol. The van der Waals surface area contributed by atoms with Crippen molar-refractivity contribution in [1.29, 1.82) is 0 Å². The number of rotatable bonds is 2. The zero-order valence-corrected chi connectivity index (χ0v) is 8.68. The molecule has 0 saturated heterocycles. The Balaban J connectivity index is 2.39. The van der Waals surface area contributed by atoms with Crippen molar-refractivity contribution >= 4 is 11.6 Å². The molecule has 0 aromatic heterocycles. The first-order valence-electron chi connectivity index (χ1n) is 4.73. The van der Waals surface area contributed by atoms with Gasteiger partial charge in [-0.15, -0.1) is 0 Å². The average Bonchev–Trinajstić information content (AvgIpc) is 2.93. The number of hydrogen-bond donors (Lipinski definition) is 1. The maximum atomic E-state index is 13.5. The van der Waals surface area contributed by atoms with Crippen LogP contribution < -0.4 is 0 Å². The molecule has 1 aromatic rings. The van der Waals surface area contributed by atoms with Gasteiger partial charge >= 0.3 is 0 Å². The number of aryl methyl sites for hydroxylation is 1. The van der Waals surface area contributed by atoms with Crippen molar-refractivity contribution in [3.63, 3.8) is 0 Å². The Bertz CT molecular complexity index is 361. The normalized spacial score (nSPS) is 18.3. The summed E-state index contributed by atoms with van der Waals surface area (Å²) in [6.45, 7) is 1.84. The molecule has 1 unspecified atom stereocenters. The number of hydrogen-bond acceptors (Lipinski definition) is 1. The van der Waals surface area contributed by atoms with E-state index in [0.29, 0.717) is 5.56 Å². The smallest absolute Gasteiger partial charge is 0.147 e. The fourth-order valence-corrected chi connectivity index (χ4v) is 1.91. The molecule has 1 nitrogen and oxygen atoms in total. The standard InChI is InChI=1S/C11H12ClFO/c1-6-4-8(10(13)9(12)5-6)11(14)7-2-3-7/h4-5,7,11,14H,2-3H2,1H3. The summed E-state index contributed by atoms with van der Waals surface area (Å²) in [5, 5.41) is 9.89. The van der Waals surface area contributed by atoms with E-state index in [4.69, 9.17) is 11.6 Å². The fraction of sp³-hybridized carbons (Fsp3) is 0.455. The lowest BCUT2D eigenvalue weighted by molar-refractivity contribution is 0.149. The Morgan fingerprint density at radius 2 is 2.14 bits per heavy atom. The molecule has 0 amide bonds. The van der Waals surface area contributed by atoms with Gasteiger partial charge in [-0.25, -0.2) is 4.39 Å². The summed E-state index contributed by atoms with van der Waals surface area (Å²) in [5.41, 5.74) is 1.23. The van der Waals surface area contributed by atoms with Gasteiger partial charge in [0.05, 0.1) is 11.1 Å². The summed E-state index contributed by atoms with van der Waals surface area (Å²) in [5.74, 6) is -0.251. The summed E-state index contributed by atoms with van der Waals surface area (Å²) in [6.07, 6.45) is 1.27. The molecule has 1 N–H and O–H groups in total. The highest BCUT2D eigenvalue weighted by Gasteiger charge is 2.32. The van der Waals surface area contributed by atoms with Crippen LogP contribution in [0.3, 0.4) is 0 Å². The highest BCUT2D eigenvalue weighted by atomic mass is 35.5. The highest BCUT2D eigenvalue weighted by Crippen LogP contribution is 2.42. The Morgan fingerprint density at radius 1 is 1.50 bits per heavy atom. The first kappa shape index (κ1) is 9.94. The lowest BCUT2D eigenvalue weighted by Crippen LogP contribution is -2.03. The van der Waals surface area contributed by atoms with Gasteiger partial charge in [0.1, 0.15) is 5.82 Å². The zero-order chi connectivity index (χ0) is 10.3. The summed E-state index contributed by atoms with van der Waals surface area (Å²) in [4.78, 5) is 0. The van der Waals surface area contributed by atoms with E-state index < -0.39 is 11.9 Å². The summed E-state index contributed by atoms with van der Waals surface area (Å²) in [7, 11) is 0. The van der Waals surface area contributed by atoms with E-state index in [1.165, 1.54) is 0 Å². The Morgan fingerprint density at radius 3 is 2.71 bits per heavy atom. The molecule has 0 radical (unpaired) electrons. The van der Waals surface area contributed by atoms with E-state index in [0.717, 1.165) is 18.4 Å². The minimum absolute atomic E-state index is 0.0969. The minimum Gasteiger partial charge on any atom is -0.388 e. The van der Waals surface area contributed by atoms with Gasteiger partial charge < -0.3 is 5.11 Å². The van der Waals surface area contributed by atoms with Crippen molar-refractivity contribution in [3.8, 4) is 0 Å². The molecule has 3 heteroatoms. The number of benzene rings is 1. The van der Waals surface area contributed by atoms with E-state index in [2.05, 4.69) is 0 Å². The van der Waals surface area contributed by atoms with Gasteiger partial charge in [-0.3, -0.25) is 0 Å². The topological polar surface area (TPSA) is 20.2 Å². The molecule has 0 aliphatic heterocycles. The second-order valence-electron chi connectivity index (χ2n) is 3.93. The molecule has 1 aromatic carbocycles. The van der Waals surface area contributed by atoms with Crippen LogP contribution in [0.1, 0.15) is 30.1 Å². The predicted molar refractivity (Wildman–Crippen MR) is 53.8 cm³/mol. The third kappa shape index (κ3) is 1.77. The molecule has 0 bridgehead atoms. The van der Waals surface area contributed by atoms with Crippen molar-refractivity contribution in [2.75, 3.05) is 0 Å². The maximum Gasteiger partial charge on any atom is 0.147 e. The Hall–Kier alpha value is -0.600. The second kappa shape index (κ2) is 3.52. The van der Waals surface area contributed by atoms with Crippen molar-refractivity contribution < 1.29 is 9.50 Å². The van der Waals surface area contributed by atoms with Gasteiger partial charge in [0.15, 0.2) is 0 Å². The predicted octanol–water partition coefficient (Wildman–Crippen LogP) is 3.23. The van der Waals surface area contributed by atoms with E-state index in [1.54, 1.807) is 12.1 Å². The first-order valence-corrected chi connectivity index (χ1v) is 5.11. The molecule has 1 saturated carbocycles. The minimum atomic E-state index is -0.688. The lowest BCUT2D eigenvalue weighted by atomic mass is 10.0. The Labute approximate surface area is 87.5 Å². The third-order valence-electron chi connectivity index (χ3n) is 2.59. The lowest BCUT2D eigenvalue weighted by Gasteiger charge is -2.12. The summed E-state index contributed by atoms with van der Waals surface area (Å²) < 4.78 is 13.5. The van der Waals surface area contributed by atoms with Crippen LogP contribution in [0.4, 0.5) is 4.39 Å². The molecule has 1 atom stereocenters. The van der Waals surface area contributed by atoms with Gasteiger partial charge in [0.25, 0.3) is 0 Å². The molecule has 1 fully saturated rings. The molecule has 1 aliphatic carbocycles. The Kier molecular flexibility index (Phi) is 2.50. The average molecular weight is 215 g/mol. The SMILES string of the molecule is Cc1cc(Cl)c(F)c(C(O)C2CC2)c1. The van der Waals surface area contributed by atoms with Crippen molar-refractivity contribution in [1.82, 2.24) is 0 Å². The molecule has 1 aliphatic rings. The van der Waals surface area contributed by atoms with Gasteiger partial charge in [0, 0.05) is 5.56 Å². The summed E-state index contributed by atoms with van der Waals surface area (Å²) >= 11 is 5.70. The molecule has 2 rings (SSSR count). The second-order valence-corrected chi connectivity index (χ2v) is 4.34.